The molecule has 0 spiro atoms. The third-order valence-electron chi connectivity index (χ3n) is 5.89. The van der Waals surface area contributed by atoms with Crippen LogP contribution in [0.25, 0.3) is 4.91 Å². The summed E-state index contributed by atoms with van der Waals surface area (Å²) in [5.41, 5.74) is 0.166. The molecule has 0 amide bonds. The maximum Gasteiger partial charge on any atom is 0.416 e. The van der Waals surface area contributed by atoms with Gasteiger partial charge in [0.25, 0.3) is 0 Å². The highest BCUT2D eigenvalue weighted by atomic mass is 32.2. The molecule has 1 aliphatic heterocycles. The largest absolute Gasteiger partial charge is 0.416 e. The maximum atomic E-state index is 13.5. The molecule has 1 N–H and O–H groups in total. The van der Waals surface area contributed by atoms with E-state index in [0.717, 1.165) is 22.2 Å². The first-order valence-corrected chi connectivity index (χ1v) is 14.9. The van der Waals surface area contributed by atoms with Crippen molar-refractivity contribution < 1.29 is 30.0 Å². The Morgan fingerprint density at radius 1 is 0.972 bits per heavy atom. The van der Waals surface area contributed by atoms with Gasteiger partial charge in [-0.3, -0.25) is 0 Å². The zero-order valence-corrected chi connectivity index (χ0v) is 22.1. The Morgan fingerprint density at radius 3 is 2.08 bits per heavy atom. The number of hydrogen-bond donors (Lipinski definition) is 1. The number of benzene rings is 2. The van der Waals surface area contributed by atoms with Crippen LogP contribution < -0.4 is 5.32 Å². The Kier molecular flexibility index (Phi) is 8.70. The monoisotopic (exact) mass is 544 g/mol. The van der Waals surface area contributed by atoms with Crippen LogP contribution in [-0.2, 0) is 32.6 Å². The molecule has 6 nitrogen and oxygen atoms in total. The van der Waals surface area contributed by atoms with E-state index in [0.29, 0.717) is 31.5 Å². The SMILES string of the molecule is CC(C)CN(Cc1ccccc1C(F)(F)F)S(=O)(=O)c1ccc(C(=C2CCNCC2)S(C)(=O)=O)cc1. The van der Waals surface area contributed by atoms with Gasteiger partial charge in [-0.2, -0.15) is 17.5 Å². The van der Waals surface area contributed by atoms with Crippen molar-refractivity contribution in [2.45, 2.75) is 44.3 Å². The number of sulfone groups is 1. The number of nitrogens with one attached hydrogen (secondary N) is 1. The van der Waals surface area contributed by atoms with Gasteiger partial charge in [0.2, 0.25) is 10.0 Å². The van der Waals surface area contributed by atoms with Crippen molar-refractivity contribution in [1.29, 1.82) is 0 Å². The van der Waals surface area contributed by atoms with Crippen molar-refractivity contribution in [2.24, 2.45) is 5.92 Å². The lowest BCUT2D eigenvalue weighted by atomic mass is 10.0. The topological polar surface area (TPSA) is 83.6 Å². The highest BCUT2D eigenvalue weighted by Gasteiger charge is 2.35. The van der Waals surface area contributed by atoms with E-state index in [1.165, 1.54) is 42.5 Å². The van der Waals surface area contributed by atoms with E-state index in [-0.39, 0.29) is 27.8 Å². The zero-order valence-electron chi connectivity index (χ0n) is 20.5. The molecular formula is C25H31F3N2O4S2. The standard InChI is InChI=1S/C25H31F3N2O4S2/c1-18(2)16-30(17-21-6-4-5-7-23(21)25(26,27)28)36(33,34)22-10-8-19(9-11-22)24(35(3,31)32)20-12-14-29-15-13-20/h4-11,18,29H,12-17H2,1-3H3. The van der Waals surface area contributed by atoms with Gasteiger partial charge < -0.3 is 5.32 Å². The second kappa shape index (κ2) is 11.0. The summed E-state index contributed by atoms with van der Waals surface area (Å²) in [6.45, 7) is 4.45. The van der Waals surface area contributed by atoms with Gasteiger partial charge in [0, 0.05) is 19.3 Å². The number of hydrogen-bond acceptors (Lipinski definition) is 5. The third-order valence-corrected chi connectivity index (χ3v) is 8.98. The maximum absolute atomic E-state index is 13.5. The first-order chi connectivity index (χ1) is 16.7. The second-order valence-corrected chi connectivity index (χ2v) is 13.2. The normalized spacial score (nSPS) is 15.5. The number of piperidine rings is 1. The predicted molar refractivity (Wildman–Crippen MR) is 134 cm³/mol. The van der Waals surface area contributed by atoms with Crippen LogP contribution in [0.2, 0.25) is 0 Å². The van der Waals surface area contributed by atoms with E-state index in [1.807, 2.05) is 0 Å². The van der Waals surface area contributed by atoms with E-state index in [2.05, 4.69) is 5.32 Å². The molecule has 0 unspecified atom stereocenters. The number of nitrogens with zero attached hydrogens (tertiary/aromatic N) is 1. The van der Waals surface area contributed by atoms with Gasteiger partial charge in [0.05, 0.1) is 15.4 Å². The van der Waals surface area contributed by atoms with Gasteiger partial charge in [-0.15, -0.1) is 0 Å². The minimum absolute atomic E-state index is 0.0158. The number of halogens is 3. The van der Waals surface area contributed by atoms with Crippen molar-refractivity contribution in [1.82, 2.24) is 9.62 Å². The molecular weight excluding hydrogens is 513 g/mol. The van der Waals surface area contributed by atoms with Gasteiger partial charge >= 0.3 is 6.18 Å². The van der Waals surface area contributed by atoms with Crippen LogP contribution in [0, 0.1) is 5.92 Å². The number of rotatable bonds is 8. The minimum atomic E-state index is -4.62. The second-order valence-electron chi connectivity index (χ2n) is 9.33. The van der Waals surface area contributed by atoms with Crippen molar-refractivity contribution in [2.75, 3.05) is 25.9 Å². The molecule has 2 aromatic carbocycles. The van der Waals surface area contributed by atoms with Gasteiger partial charge in [0.15, 0.2) is 9.84 Å². The fourth-order valence-electron chi connectivity index (χ4n) is 4.34. The van der Waals surface area contributed by atoms with Gasteiger partial charge in [-0.1, -0.05) is 44.2 Å². The van der Waals surface area contributed by atoms with Crippen LogP contribution >= 0.6 is 0 Å². The Balaban J connectivity index is 2.00. The molecule has 2 aromatic rings. The smallest absolute Gasteiger partial charge is 0.316 e. The fourth-order valence-corrected chi connectivity index (χ4v) is 7.22. The molecule has 1 aliphatic rings. The van der Waals surface area contributed by atoms with Crippen molar-refractivity contribution >= 4 is 24.8 Å². The molecule has 0 radical (unpaired) electrons. The molecule has 0 atom stereocenters. The van der Waals surface area contributed by atoms with Gasteiger partial charge in [-0.25, -0.2) is 16.8 Å². The molecule has 0 aromatic heterocycles. The van der Waals surface area contributed by atoms with Crippen molar-refractivity contribution in [3.63, 3.8) is 0 Å². The lowest BCUT2D eigenvalue weighted by Crippen LogP contribution is -2.34. The molecule has 1 saturated heterocycles. The Morgan fingerprint density at radius 2 is 1.56 bits per heavy atom. The van der Waals surface area contributed by atoms with Gasteiger partial charge in [0.1, 0.15) is 0 Å². The molecule has 198 valence electrons. The predicted octanol–water partition coefficient (Wildman–Crippen LogP) is 4.69. The molecule has 0 aliphatic carbocycles. The number of sulfonamides is 1. The summed E-state index contributed by atoms with van der Waals surface area (Å²) in [6, 6.07) is 10.5. The average Bonchev–Trinajstić information content (AvgIpc) is 2.78. The summed E-state index contributed by atoms with van der Waals surface area (Å²) < 4.78 is 93.8. The van der Waals surface area contributed by atoms with Crippen LogP contribution in [0.15, 0.2) is 59.0 Å². The van der Waals surface area contributed by atoms with E-state index < -0.39 is 38.1 Å². The summed E-state index contributed by atoms with van der Waals surface area (Å²) in [5.74, 6) is -0.140. The van der Waals surface area contributed by atoms with Gasteiger partial charge in [-0.05, 0) is 66.7 Å². The molecule has 0 saturated carbocycles. The Labute approximate surface area is 211 Å². The third kappa shape index (κ3) is 6.76. The van der Waals surface area contributed by atoms with E-state index in [9.17, 15) is 30.0 Å². The Hall–Kier alpha value is -2.21. The average molecular weight is 545 g/mol. The highest BCUT2D eigenvalue weighted by Crippen LogP contribution is 2.34. The molecule has 11 heteroatoms. The molecule has 0 bridgehead atoms. The molecule has 36 heavy (non-hydrogen) atoms. The summed E-state index contributed by atoms with van der Waals surface area (Å²) in [7, 11) is -7.74. The minimum Gasteiger partial charge on any atom is -0.316 e. The number of alkyl halides is 3. The van der Waals surface area contributed by atoms with E-state index in [4.69, 9.17) is 0 Å². The zero-order chi connectivity index (χ0) is 26.7. The Bertz CT molecular complexity index is 1310. The van der Waals surface area contributed by atoms with Crippen molar-refractivity contribution in [3.8, 4) is 0 Å². The summed E-state index contributed by atoms with van der Waals surface area (Å²) in [6.07, 6.45) is -2.34. The molecule has 3 rings (SSSR count). The quantitative estimate of drug-likeness (QED) is 0.521. The first kappa shape index (κ1) is 28.4. The van der Waals surface area contributed by atoms with Crippen LogP contribution in [-0.4, -0.2) is 47.0 Å². The molecule has 1 heterocycles. The van der Waals surface area contributed by atoms with Crippen LogP contribution in [0.4, 0.5) is 13.2 Å². The molecule has 1 fully saturated rings. The summed E-state index contributed by atoms with van der Waals surface area (Å²) in [5, 5.41) is 3.18. The first-order valence-electron chi connectivity index (χ1n) is 11.6. The summed E-state index contributed by atoms with van der Waals surface area (Å²) in [4.78, 5) is 0.0886. The van der Waals surface area contributed by atoms with Crippen LogP contribution in [0.3, 0.4) is 0 Å². The summed E-state index contributed by atoms with van der Waals surface area (Å²) >= 11 is 0. The lowest BCUT2D eigenvalue weighted by Gasteiger charge is -2.26. The fraction of sp³-hybridized carbons (Fsp3) is 0.440. The highest BCUT2D eigenvalue weighted by molar-refractivity contribution is 8.00. The van der Waals surface area contributed by atoms with Crippen LogP contribution in [0.5, 0.6) is 0 Å². The van der Waals surface area contributed by atoms with E-state index in [1.54, 1.807) is 13.8 Å². The van der Waals surface area contributed by atoms with E-state index >= 15 is 0 Å². The lowest BCUT2D eigenvalue weighted by molar-refractivity contribution is -0.138. The van der Waals surface area contributed by atoms with Crippen LogP contribution in [0.1, 0.15) is 43.4 Å². The van der Waals surface area contributed by atoms with Crippen molar-refractivity contribution in [3.05, 3.63) is 70.8 Å².